The van der Waals surface area contributed by atoms with E-state index in [0.29, 0.717) is 17.1 Å². The van der Waals surface area contributed by atoms with Gasteiger partial charge in [0.15, 0.2) is 0 Å². The van der Waals surface area contributed by atoms with Crippen LogP contribution in [0.3, 0.4) is 0 Å². The second-order valence-corrected chi connectivity index (χ2v) is 6.30. The summed E-state index contributed by atoms with van der Waals surface area (Å²) in [4.78, 5) is 33.7. The first-order valence-electron chi connectivity index (χ1n) is 7.89. The van der Waals surface area contributed by atoms with E-state index < -0.39 is 11.0 Å². The lowest BCUT2D eigenvalue weighted by molar-refractivity contribution is -0.384. The maximum absolute atomic E-state index is 11.8. The van der Waals surface area contributed by atoms with E-state index in [1.165, 1.54) is 12.1 Å². The van der Waals surface area contributed by atoms with Gasteiger partial charge >= 0.3 is 6.03 Å². The van der Waals surface area contributed by atoms with E-state index in [1.807, 2.05) is 0 Å². The lowest BCUT2D eigenvalue weighted by atomic mass is 10.2. The summed E-state index contributed by atoms with van der Waals surface area (Å²) in [6.45, 7) is 0.268. The Morgan fingerprint density at radius 1 is 1.04 bits per heavy atom. The third kappa shape index (κ3) is 6.76. The van der Waals surface area contributed by atoms with Gasteiger partial charge < -0.3 is 16.0 Å². The number of nitrogens with one attached hydrogen (secondary N) is 3. The van der Waals surface area contributed by atoms with E-state index in [1.54, 1.807) is 24.3 Å². The van der Waals surface area contributed by atoms with Crippen molar-refractivity contribution in [1.29, 1.82) is 0 Å². The monoisotopic (exact) mass is 410 g/mol. The zero-order valence-corrected chi connectivity index (χ0v) is 15.5. The molecule has 0 saturated heterocycles. The Morgan fingerprint density at radius 2 is 1.74 bits per heavy atom. The molecule has 0 spiro atoms. The fraction of sp³-hybridized carbons (Fsp3) is 0.176. The van der Waals surface area contributed by atoms with Crippen LogP contribution in [-0.2, 0) is 4.79 Å². The molecular weight excluding hydrogens is 395 g/mol. The number of urea groups is 1. The molecule has 0 aliphatic rings. The van der Waals surface area contributed by atoms with Crippen LogP contribution in [-0.4, -0.2) is 23.4 Å². The second-order valence-electron chi connectivity index (χ2n) is 5.46. The molecule has 0 aromatic heterocycles. The number of benzene rings is 2. The molecule has 27 heavy (non-hydrogen) atoms. The summed E-state index contributed by atoms with van der Waals surface area (Å²) in [6, 6.07) is 9.95. The molecular formula is C17H16Cl2N4O4. The topological polar surface area (TPSA) is 113 Å². The number of carbonyl (C=O) groups excluding carboxylic acids is 2. The molecule has 3 amide bonds. The number of hydrogen-bond donors (Lipinski definition) is 3. The molecule has 10 heteroatoms. The van der Waals surface area contributed by atoms with Gasteiger partial charge in [-0.15, -0.1) is 0 Å². The Hall–Kier alpha value is -2.84. The molecule has 142 valence electrons. The number of nitro groups is 1. The van der Waals surface area contributed by atoms with Gasteiger partial charge in [0.2, 0.25) is 5.91 Å². The highest BCUT2D eigenvalue weighted by Crippen LogP contribution is 2.26. The van der Waals surface area contributed by atoms with E-state index in [-0.39, 0.29) is 35.3 Å². The molecule has 2 rings (SSSR count). The fourth-order valence-corrected chi connectivity index (χ4v) is 2.44. The number of rotatable bonds is 7. The summed E-state index contributed by atoms with van der Waals surface area (Å²) in [5.41, 5.74) is 0.723. The van der Waals surface area contributed by atoms with Crippen LogP contribution in [0, 0.1) is 10.1 Å². The average Bonchev–Trinajstić information content (AvgIpc) is 2.62. The standard InChI is InChI=1S/C17H16Cl2N4O4/c18-11-3-5-12(6-4-11)21-16(24)2-1-9-20-17(25)22-15-8-7-13(23(26)27)10-14(15)19/h3-8,10H,1-2,9H2,(H,21,24)(H2,20,22,25). The Bertz CT molecular complexity index is 843. The molecule has 0 saturated carbocycles. The van der Waals surface area contributed by atoms with E-state index in [4.69, 9.17) is 23.2 Å². The number of carbonyl (C=O) groups is 2. The van der Waals surface area contributed by atoms with Gasteiger partial charge in [0.25, 0.3) is 5.69 Å². The number of nitrogens with zero attached hydrogens (tertiary/aromatic N) is 1. The Morgan fingerprint density at radius 3 is 2.37 bits per heavy atom. The van der Waals surface area contributed by atoms with Crippen LogP contribution in [0.2, 0.25) is 10.0 Å². The van der Waals surface area contributed by atoms with Crippen molar-refractivity contribution in [2.45, 2.75) is 12.8 Å². The maximum atomic E-state index is 11.8. The van der Waals surface area contributed by atoms with Crippen LogP contribution < -0.4 is 16.0 Å². The largest absolute Gasteiger partial charge is 0.338 e. The summed E-state index contributed by atoms with van der Waals surface area (Å²) in [5.74, 6) is -0.182. The number of hydrogen-bond acceptors (Lipinski definition) is 4. The minimum Gasteiger partial charge on any atom is -0.338 e. The number of halogens is 2. The summed E-state index contributed by atoms with van der Waals surface area (Å²) in [6.07, 6.45) is 0.655. The highest BCUT2D eigenvalue weighted by Gasteiger charge is 2.11. The summed E-state index contributed by atoms with van der Waals surface area (Å²) in [7, 11) is 0. The number of nitro benzene ring substituents is 1. The van der Waals surface area contributed by atoms with Crippen molar-refractivity contribution in [3.8, 4) is 0 Å². The predicted octanol–water partition coefficient (Wildman–Crippen LogP) is 4.44. The van der Waals surface area contributed by atoms with Crippen molar-refractivity contribution >= 4 is 52.2 Å². The van der Waals surface area contributed by atoms with E-state index >= 15 is 0 Å². The zero-order chi connectivity index (χ0) is 19.8. The van der Waals surface area contributed by atoms with E-state index in [2.05, 4.69) is 16.0 Å². The van der Waals surface area contributed by atoms with Crippen LogP contribution in [0.15, 0.2) is 42.5 Å². The molecule has 8 nitrogen and oxygen atoms in total. The summed E-state index contributed by atoms with van der Waals surface area (Å²) >= 11 is 11.7. The minimum atomic E-state index is -0.579. The van der Waals surface area contributed by atoms with Crippen molar-refractivity contribution < 1.29 is 14.5 Å². The van der Waals surface area contributed by atoms with Crippen LogP contribution in [0.25, 0.3) is 0 Å². The fourth-order valence-electron chi connectivity index (χ4n) is 2.09. The van der Waals surface area contributed by atoms with Gasteiger partial charge in [-0.1, -0.05) is 23.2 Å². The van der Waals surface area contributed by atoms with Gasteiger partial charge in [0, 0.05) is 35.8 Å². The third-order valence-electron chi connectivity index (χ3n) is 3.41. The van der Waals surface area contributed by atoms with Crippen LogP contribution in [0.1, 0.15) is 12.8 Å². The molecule has 0 bridgehead atoms. The molecule has 0 unspecified atom stereocenters. The van der Waals surface area contributed by atoms with Crippen molar-refractivity contribution in [3.05, 3.63) is 62.6 Å². The number of amides is 3. The number of non-ortho nitro benzene ring substituents is 1. The van der Waals surface area contributed by atoms with Crippen molar-refractivity contribution in [2.24, 2.45) is 0 Å². The summed E-state index contributed by atoms with van der Waals surface area (Å²) in [5, 5.41) is 19.1. The van der Waals surface area contributed by atoms with Crippen molar-refractivity contribution in [3.63, 3.8) is 0 Å². The minimum absolute atomic E-state index is 0.0571. The van der Waals surface area contributed by atoms with Gasteiger partial charge in [0.05, 0.1) is 15.6 Å². The quantitative estimate of drug-likeness (QED) is 0.355. The zero-order valence-electron chi connectivity index (χ0n) is 14.0. The van der Waals surface area contributed by atoms with Gasteiger partial charge in [0.1, 0.15) is 0 Å². The molecule has 0 aliphatic heterocycles. The third-order valence-corrected chi connectivity index (χ3v) is 3.97. The van der Waals surface area contributed by atoms with Gasteiger partial charge in [-0.2, -0.15) is 0 Å². The second kappa shape index (κ2) is 9.75. The molecule has 0 atom stereocenters. The normalized spacial score (nSPS) is 10.1. The first-order valence-corrected chi connectivity index (χ1v) is 8.65. The highest BCUT2D eigenvalue weighted by atomic mass is 35.5. The average molecular weight is 411 g/mol. The van der Waals surface area contributed by atoms with Crippen LogP contribution in [0.5, 0.6) is 0 Å². The molecule has 2 aromatic rings. The number of anilines is 2. The molecule has 0 fully saturated rings. The smallest absolute Gasteiger partial charge is 0.319 e. The Kier molecular flexibility index (Phi) is 7.39. The van der Waals surface area contributed by atoms with E-state index in [0.717, 1.165) is 6.07 Å². The molecule has 0 radical (unpaired) electrons. The predicted molar refractivity (Wildman–Crippen MR) is 104 cm³/mol. The molecule has 0 heterocycles. The van der Waals surface area contributed by atoms with Gasteiger partial charge in [-0.3, -0.25) is 14.9 Å². The molecule has 3 N–H and O–H groups in total. The van der Waals surface area contributed by atoms with Crippen molar-refractivity contribution in [1.82, 2.24) is 5.32 Å². The highest BCUT2D eigenvalue weighted by molar-refractivity contribution is 6.34. The summed E-state index contributed by atoms with van der Waals surface area (Å²) < 4.78 is 0. The Balaban J connectivity index is 1.70. The van der Waals surface area contributed by atoms with Gasteiger partial charge in [-0.05, 0) is 36.8 Å². The van der Waals surface area contributed by atoms with Gasteiger partial charge in [-0.25, -0.2) is 4.79 Å². The first-order chi connectivity index (χ1) is 12.8. The first kappa shape index (κ1) is 20.5. The van der Waals surface area contributed by atoms with Crippen LogP contribution in [0.4, 0.5) is 21.9 Å². The van der Waals surface area contributed by atoms with Crippen LogP contribution >= 0.6 is 23.2 Å². The van der Waals surface area contributed by atoms with Crippen molar-refractivity contribution in [2.75, 3.05) is 17.2 Å². The SMILES string of the molecule is O=C(CCCNC(=O)Nc1ccc([N+](=O)[O-])cc1Cl)Nc1ccc(Cl)cc1. The lowest BCUT2D eigenvalue weighted by Gasteiger charge is -2.09. The Labute approximate surface area is 165 Å². The molecule has 0 aliphatic carbocycles. The van der Waals surface area contributed by atoms with E-state index in [9.17, 15) is 19.7 Å². The lowest BCUT2D eigenvalue weighted by Crippen LogP contribution is -2.30. The maximum Gasteiger partial charge on any atom is 0.319 e. The molecule has 2 aromatic carbocycles.